The lowest BCUT2D eigenvalue weighted by Gasteiger charge is -2.45. The summed E-state index contributed by atoms with van der Waals surface area (Å²) in [4.78, 5) is 39.4. The molecule has 2 fully saturated rings. The molecule has 1 aliphatic carbocycles. The largest absolute Gasteiger partial charge is 0.481 e. The van der Waals surface area contributed by atoms with Gasteiger partial charge >= 0.3 is 5.97 Å². The summed E-state index contributed by atoms with van der Waals surface area (Å²) in [6.45, 7) is 9.88. The van der Waals surface area contributed by atoms with Crippen LogP contribution in [0.1, 0.15) is 98.0 Å². The minimum Gasteiger partial charge on any atom is -0.481 e. The van der Waals surface area contributed by atoms with E-state index in [-0.39, 0.29) is 36.2 Å². The molecule has 3 unspecified atom stereocenters. The number of carboxylic acid groups (broad SMARTS) is 1. The average molecular weight is 573 g/mol. The quantitative estimate of drug-likeness (QED) is 0.254. The van der Waals surface area contributed by atoms with Crippen LogP contribution in [-0.4, -0.2) is 54.0 Å². The Morgan fingerprint density at radius 1 is 1.02 bits per heavy atom. The van der Waals surface area contributed by atoms with Gasteiger partial charge in [-0.1, -0.05) is 89.6 Å². The Hall–Kier alpha value is -2.45. The highest BCUT2D eigenvalue weighted by atomic mass is 16.7. The predicted molar refractivity (Wildman–Crippen MR) is 159 cm³/mol. The number of carbonyl (C=O) groups excluding carboxylic acids is 2. The molecular formula is C33H52N2O6. The van der Waals surface area contributed by atoms with Crippen LogP contribution in [0.25, 0.3) is 0 Å². The van der Waals surface area contributed by atoms with Crippen LogP contribution in [0.4, 0.5) is 0 Å². The van der Waals surface area contributed by atoms with Crippen LogP contribution in [0.2, 0.25) is 0 Å². The highest BCUT2D eigenvalue weighted by Gasteiger charge is 2.46. The first-order valence-corrected chi connectivity index (χ1v) is 15.6. The maximum absolute atomic E-state index is 13.7. The molecule has 1 saturated heterocycles. The van der Waals surface area contributed by atoms with Crippen molar-refractivity contribution in [2.24, 2.45) is 23.2 Å². The van der Waals surface area contributed by atoms with Gasteiger partial charge in [0.2, 0.25) is 11.8 Å². The molecule has 0 radical (unpaired) electrons. The molecule has 2 amide bonds. The molecule has 3 N–H and O–H groups in total. The summed E-state index contributed by atoms with van der Waals surface area (Å²) in [7, 11) is 0. The van der Waals surface area contributed by atoms with E-state index in [0.717, 1.165) is 56.9 Å². The number of hydrogen-bond acceptors (Lipinski definition) is 5. The van der Waals surface area contributed by atoms with E-state index in [9.17, 15) is 19.5 Å². The summed E-state index contributed by atoms with van der Waals surface area (Å²) in [5.74, 6) is -3.39. The SMILES string of the molecule is CCCCCCC(Cc1ccccc1)C(=O)NC1CCCC[C@H]1[C@@H](CNC(=O)C1OC(C)(C)OCC1(C)C)C(=O)O. The first-order chi connectivity index (χ1) is 19.4. The second-order valence-corrected chi connectivity index (χ2v) is 13.2. The van der Waals surface area contributed by atoms with Crippen molar-refractivity contribution in [3.05, 3.63) is 35.9 Å². The van der Waals surface area contributed by atoms with Gasteiger partial charge in [-0.25, -0.2) is 0 Å². The molecule has 3 rings (SSSR count). The van der Waals surface area contributed by atoms with E-state index in [1.165, 1.54) is 0 Å². The van der Waals surface area contributed by atoms with Crippen molar-refractivity contribution in [3.63, 3.8) is 0 Å². The summed E-state index contributed by atoms with van der Waals surface area (Å²) in [5, 5.41) is 16.4. The predicted octanol–water partition coefficient (Wildman–Crippen LogP) is 5.49. The molecular weight excluding hydrogens is 520 g/mol. The summed E-state index contributed by atoms with van der Waals surface area (Å²) < 4.78 is 11.7. The molecule has 0 bridgehead atoms. The van der Waals surface area contributed by atoms with Crippen LogP contribution in [0.15, 0.2) is 30.3 Å². The fourth-order valence-electron chi connectivity index (χ4n) is 6.21. The molecule has 41 heavy (non-hydrogen) atoms. The Balaban J connectivity index is 1.68. The Morgan fingerprint density at radius 3 is 2.41 bits per heavy atom. The van der Waals surface area contributed by atoms with Gasteiger partial charge in [-0.05, 0) is 51.0 Å². The highest BCUT2D eigenvalue weighted by molar-refractivity contribution is 5.83. The summed E-state index contributed by atoms with van der Waals surface area (Å²) >= 11 is 0. The zero-order valence-corrected chi connectivity index (χ0v) is 25.7. The Bertz CT molecular complexity index is 995. The molecule has 8 nitrogen and oxygen atoms in total. The molecule has 5 atom stereocenters. The molecule has 0 aromatic heterocycles. The molecule has 1 aromatic rings. The number of aliphatic carboxylic acids is 1. The van der Waals surface area contributed by atoms with Crippen LogP contribution >= 0.6 is 0 Å². The zero-order chi connectivity index (χ0) is 30.0. The second kappa shape index (κ2) is 15.1. The number of carbonyl (C=O) groups is 3. The van der Waals surface area contributed by atoms with Crippen molar-refractivity contribution in [1.29, 1.82) is 0 Å². The number of benzene rings is 1. The molecule has 1 aliphatic heterocycles. The molecule has 8 heteroatoms. The third-order valence-corrected chi connectivity index (χ3v) is 8.72. The van der Waals surface area contributed by atoms with E-state index in [1.54, 1.807) is 13.8 Å². The van der Waals surface area contributed by atoms with Crippen molar-refractivity contribution in [1.82, 2.24) is 10.6 Å². The number of hydrogen-bond donors (Lipinski definition) is 3. The molecule has 0 spiro atoms. The maximum Gasteiger partial charge on any atom is 0.308 e. The van der Waals surface area contributed by atoms with Crippen LogP contribution in [0, 0.1) is 23.2 Å². The Labute approximate surface area is 246 Å². The van der Waals surface area contributed by atoms with Gasteiger partial charge in [0.1, 0.15) is 6.10 Å². The first kappa shape index (κ1) is 33.1. The average Bonchev–Trinajstić information content (AvgIpc) is 2.93. The van der Waals surface area contributed by atoms with Gasteiger partial charge in [0.25, 0.3) is 0 Å². The van der Waals surface area contributed by atoms with E-state index in [0.29, 0.717) is 19.4 Å². The minimum absolute atomic E-state index is 0.00705. The number of rotatable bonds is 14. The lowest BCUT2D eigenvalue weighted by molar-refractivity contribution is -0.304. The van der Waals surface area contributed by atoms with Gasteiger partial charge < -0.3 is 25.2 Å². The van der Waals surface area contributed by atoms with Crippen LogP contribution in [0.5, 0.6) is 0 Å². The van der Waals surface area contributed by atoms with Gasteiger partial charge in [-0.2, -0.15) is 0 Å². The van der Waals surface area contributed by atoms with E-state index < -0.39 is 29.2 Å². The van der Waals surface area contributed by atoms with Crippen molar-refractivity contribution in [2.75, 3.05) is 13.2 Å². The Kier molecular flexibility index (Phi) is 12.2. The van der Waals surface area contributed by atoms with E-state index in [2.05, 4.69) is 29.7 Å². The summed E-state index contributed by atoms with van der Waals surface area (Å²) in [6.07, 6.45) is 8.42. The zero-order valence-electron chi connectivity index (χ0n) is 25.7. The number of amides is 2. The third-order valence-electron chi connectivity index (χ3n) is 8.72. The molecule has 2 aliphatic rings. The second-order valence-electron chi connectivity index (χ2n) is 13.2. The topological polar surface area (TPSA) is 114 Å². The van der Waals surface area contributed by atoms with Crippen molar-refractivity contribution in [3.8, 4) is 0 Å². The lowest BCUT2D eigenvalue weighted by atomic mass is 9.75. The van der Waals surface area contributed by atoms with E-state index in [4.69, 9.17) is 9.47 Å². The van der Waals surface area contributed by atoms with Crippen LogP contribution < -0.4 is 10.6 Å². The third kappa shape index (κ3) is 9.81. The van der Waals surface area contributed by atoms with Gasteiger partial charge in [0.05, 0.1) is 12.5 Å². The Morgan fingerprint density at radius 2 is 1.73 bits per heavy atom. The maximum atomic E-state index is 13.7. The van der Waals surface area contributed by atoms with Crippen molar-refractivity contribution < 1.29 is 29.0 Å². The van der Waals surface area contributed by atoms with E-state index >= 15 is 0 Å². The van der Waals surface area contributed by atoms with Gasteiger partial charge in [-0.3, -0.25) is 14.4 Å². The smallest absolute Gasteiger partial charge is 0.308 e. The van der Waals surface area contributed by atoms with Crippen LogP contribution in [0.3, 0.4) is 0 Å². The lowest BCUT2D eigenvalue weighted by Crippen LogP contribution is -2.57. The van der Waals surface area contributed by atoms with Gasteiger partial charge in [-0.15, -0.1) is 0 Å². The number of ether oxygens (including phenoxy) is 2. The van der Waals surface area contributed by atoms with Crippen molar-refractivity contribution in [2.45, 2.75) is 117 Å². The fraction of sp³-hybridized carbons (Fsp3) is 0.727. The molecule has 230 valence electrons. The summed E-state index contributed by atoms with van der Waals surface area (Å²) in [6, 6.07) is 9.85. The minimum atomic E-state index is -0.954. The first-order valence-electron chi connectivity index (χ1n) is 15.6. The van der Waals surface area contributed by atoms with Gasteiger partial charge in [0.15, 0.2) is 5.79 Å². The molecule has 1 saturated carbocycles. The molecule has 1 heterocycles. The number of unbranched alkanes of at least 4 members (excludes halogenated alkanes) is 3. The van der Waals surface area contributed by atoms with E-state index in [1.807, 2.05) is 32.0 Å². The number of carboxylic acids is 1. The summed E-state index contributed by atoms with van der Waals surface area (Å²) in [5.41, 5.74) is 0.584. The van der Waals surface area contributed by atoms with Gasteiger partial charge in [0, 0.05) is 23.9 Å². The molecule has 1 aromatic carbocycles. The monoisotopic (exact) mass is 572 g/mol. The highest BCUT2D eigenvalue weighted by Crippen LogP contribution is 2.35. The fourth-order valence-corrected chi connectivity index (χ4v) is 6.21. The standard InChI is InChI=1S/C33H52N2O6/c1-6-7-8-12-17-24(20-23-15-10-9-11-16-23)29(36)35-27-19-14-13-18-25(27)26(31(38)39)21-34-30(37)28-32(2,3)22-40-33(4,5)41-28/h9-11,15-16,24-28H,6-8,12-14,17-22H2,1-5H3,(H,34,37)(H,35,36)(H,38,39)/t24?,25-,26+,27?,28?/m0/s1. The normalized spacial score (nSPS) is 25.0. The number of nitrogens with one attached hydrogen (secondary N) is 2. The van der Waals surface area contributed by atoms with Crippen molar-refractivity contribution >= 4 is 17.8 Å². The van der Waals surface area contributed by atoms with Crippen LogP contribution in [-0.2, 0) is 30.3 Å².